The SMILES string of the molecule is CN(CCO)c1cccc(C(=O)Nc2ccc(Cl)cc2)c1[N+](=O)[O-]. The molecular formula is C16H16ClN3O4. The van der Waals surface area contributed by atoms with E-state index >= 15 is 0 Å². The number of halogens is 1. The van der Waals surface area contributed by atoms with Crippen LogP contribution in [0.1, 0.15) is 10.4 Å². The molecule has 126 valence electrons. The molecule has 0 aliphatic rings. The van der Waals surface area contributed by atoms with Crippen molar-refractivity contribution in [2.75, 3.05) is 30.4 Å². The van der Waals surface area contributed by atoms with Crippen molar-refractivity contribution in [3.63, 3.8) is 0 Å². The maximum Gasteiger partial charge on any atom is 0.305 e. The van der Waals surface area contributed by atoms with E-state index in [-0.39, 0.29) is 30.1 Å². The lowest BCUT2D eigenvalue weighted by molar-refractivity contribution is -0.384. The number of nitro benzene ring substituents is 1. The third-order valence-electron chi connectivity index (χ3n) is 3.39. The molecule has 2 rings (SSSR count). The van der Waals surface area contributed by atoms with E-state index in [9.17, 15) is 14.9 Å². The van der Waals surface area contributed by atoms with Gasteiger partial charge in [-0.3, -0.25) is 14.9 Å². The molecule has 0 unspecified atom stereocenters. The van der Waals surface area contributed by atoms with E-state index in [1.165, 1.54) is 17.0 Å². The molecule has 0 atom stereocenters. The average molecular weight is 350 g/mol. The molecule has 2 N–H and O–H groups in total. The number of likely N-dealkylation sites (N-methyl/N-ethyl adjacent to an activating group) is 1. The summed E-state index contributed by atoms with van der Waals surface area (Å²) in [5.41, 5.74) is 0.378. The summed E-state index contributed by atoms with van der Waals surface area (Å²) in [5.74, 6) is -0.594. The molecular weight excluding hydrogens is 334 g/mol. The van der Waals surface area contributed by atoms with Crippen LogP contribution in [0.3, 0.4) is 0 Å². The van der Waals surface area contributed by atoms with Gasteiger partial charge in [0.05, 0.1) is 11.5 Å². The van der Waals surface area contributed by atoms with Crippen molar-refractivity contribution in [1.82, 2.24) is 0 Å². The Morgan fingerprint density at radius 2 is 1.96 bits per heavy atom. The van der Waals surface area contributed by atoms with Gasteiger partial charge in [-0.2, -0.15) is 0 Å². The molecule has 1 amide bonds. The molecule has 0 aromatic heterocycles. The molecule has 0 bridgehead atoms. The number of hydrogen-bond acceptors (Lipinski definition) is 5. The minimum atomic E-state index is -0.597. The van der Waals surface area contributed by atoms with E-state index in [0.29, 0.717) is 10.7 Å². The summed E-state index contributed by atoms with van der Waals surface area (Å²) in [5, 5.41) is 23.6. The Hall–Kier alpha value is -2.64. The second-order valence-corrected chi connectivity index (χ2v) is 5.47. The summed E-state index contributed by atoms with van der Waals surface area (Å²) in [7, 11) is 1.61. The third kappa shape index (κ3) is 4.01. The highest BCUT2D eigenvalue weighted by Crippen LogP contribution is 2.31. The number of para-hydroxylation sites is 1. The Balaban J connectivity index is 2.38. The molecule has 0 heterocycles. The first-order valence-electron chi connectivity index (χ1n) is 7.10. The van der Waals surface area contributed by atoms with E-state index in [1.54, 1.807) is 37.4 Å². The Bertz CT molecular complexity index is 749. The minimum absolute atomic E-state index is 0.0581. The van der Waals surface area contributed by atoms with Gasteiger partial charge in [-0.1, -0.05) is 17.7 Å². The number of nitrogens with zero attached hydrogens (tertiary/aromatic N) is 2. The predicted molar refractivity (Wildman–Crippen MR) is 92.9 cm³/mol. The second-order valence-electron chi connectivity index (χ2n) is 5.04. The Kier molecular flexibility index (Phi) is 5.73. The molecule has 0 radical (unpaired) electrons. The fraction of sp³-hybridized carbons (Fsp3) is 0.188. The molecule has 0 aliphatic heterocycles. The Morgan fingerprint density at radius 3 is 2.54 bits per heavy atom. The topological polar surface area (TPSA) is 95.7 Å². The van der Waals surface area contributed by atoms with Gasteiger partial charge in [-0.05, 0) is 36.4 Å². The highest BCUT2D eigenvalue weighted by Gasteiger charge is 2.26. The highest BCUT2D eigenvalue weighted by molar-refractivity contribution is 6.30. The summed E-state index contributed by atoms with van der Waals surface area (Å²) in [4.78, 5) is 24.8. The van der Waals surface area contributed by atoms with Crippen molar-refractivity contribution in [2.24, 2.45) is 0 Å². The van der Waals surface area contributed by atoms with Crippen molar-refractivity contribution < 1.29 is 14.8 Å². The maximum atomic E-state index is 12.4. The Morgan fingerprint density at radius 1 is 1.29 bits per heavy atom. The molecule has 0 spiro atoms. The number of rotatable bonds is 6. The third-order valence-corrected chi connectivity index (χ3v) is 3.64. The van der Waals surface area contributed by atoms with E-state index in [1.807, 2.05) is 0 Å². The van der Waals surface area contributed by atoms with Gasteiger partial charge in [-0.25, -0.2) is 0 Å². The van der Waals surface area contributed by atoms with Crippen molar-refractivity contribution >= 4 is 34.6 Å². The number of hydrogen-bond donors (Lipinski definition) is 2. The molecule has 8 heteroatoms. The minimum Gasteiger partial charge on any atom is -0.395 e. The lowest BCUT2D eigenvalue weighted by Crippen LogP contribution is -2.23. The fourth-order valence-electron chi connectivity index (χ4n) is 2.22. The van der Waals surface area contributed by atoms with E-state index < -0.39 is 10.8 Å². The van der Waals surface area contributed by atoms with Crippen LogP contribution in [0, 0.1) is 10.1 Å². The van der Waals surface area contributed by atoms with Crippen molar-refractivity contribution in [3.05, 3.63) is 63.2 Å². The maximum absolute atomic E-state index is 12.4. The summed E-state index contributed by atoms with van der Waals surface area (Å²) < 4.78 is 0. The quantitative estimate of drug-likeness (QED) is 0.617. The second kappa shape index (κ2) is 7.76. The molecule has 2 aromatic carbocycles. The number of amides is 1. The summed E-state index contributed by atoms with van der Waals surface area (Å²) in [6, 6.07) is 10.9. The largest absolute Gasteiger partial charge is 0.395 e. The fourth-order valence-corrected chi connectivity index (χ4v) is 2.34. The number of carbonyl (C=O) groups is 1. The lowest BCUT2D eigenvalue weighted by Gasteiger charge is -2.18. The first kappa shape index (κ1) is 17.7. The average Bonchev–Trinajstić information content (AvgIpc) is 2.56. The number of carbonyl (C=O) groups excluding carboxylic acids is 1. The monoisotopic (exact) mass is 349 g/mol. The number of benzene rings is 2. The zero-order chi connectivity index (χ0) is 17.7. The van der Waals surface area contributed by atoms with Crippen molar-refractivity contribution in [2.45, 2.75) is 0 Å². The number of nitrogens with one attached hydrogen (secondary N) is 1. The number of nitro groups is 1. The molecule has 0 saturated heterocycles. The summed E-state index contributed by atoms with van der Waals surface area (Å²) in [6.07, 6.45) is 0. The van der Waals surface area contributed by atoms with E-state index in [2.05, 4.69) is 5.32 Å². The number of aliphatic hydroxyl groups is 1. The first-order valence-corrected chi connectivity index (χ1v) is 7.48. The van der Waals surface area contributed by atoms with Crippen molar-refractivity contribution in [3.8, 4) is 0 Å². The lowest BCUT2D eigenvalue weighted by atomic mass is 10.1. The molecule has 0 aliphatic carbocycles. The van der Waals surface area contributed by atoms with Crippen LogP contribution in [0.2, 0.25) is 5.02 Å². The molecule has 0 fully saturated rings. The predicted octanol–water partition coefficient (Wildman–Crippen LogP) is 2.93. The van der Waals surface area contributed by atoms with Crippen molar-refractivity contribution in [1.29, 1.82) is 0 Å². The van der Waals surface area contributed by atoms with Gasteiger partial charge < -0.3 is 15.3 Å². The van der Waals surface area contributed by atoms with Gasteiger partial charge >= 0.3 is 5.69 Å². The molecule has 2 aromatic rings. The van der Waals surface area contributed by atoms with Crippen LogP contribution in [0.25, 0.3) is 0 Å². The van der Waals surface area contributed by atoms with Gasteiger partial charge in [0, 0.05) is 24.3 Å². The zero-order valence-electron chi connectivity index (χ0n) is 12.9. The van der Waals surface area contributed by atoms with Crippen LogP contribution in [0.5, 0.6) is 0 Å². The normalized spacial score (nSPS) is 10.3. The van der Waals surface area contributed by atoms with Crippen LogP contribution >= 0.6 is 11.6 Å². The van der Waals surface area contributed by atoms with Crippen LogP contribution in [0.4, 0.5) is 17.1 Å². The number of aliphatic hydroxyl groups excluding tert-OH is 1. The van der Waals surface area contributed by atoms with Crippen LogP contribution < -0.4 is 10.2 Å². The van der Waals surface area contributed by atoms with Gasteiger partial charge in [0.15, 0.2) is 0 Å². The van der Waals surface area contributed by atoms with Gasteiger partial charge in [0.25, 0.3) is 5.91 Å². The van der Waals surface area contributed by atoms with E-state index in [4.69, 9.17) is 16.7 Å². The molecule has 7 nitrogen and oxygen atoms in total. The van der Waals surface area contributed by atoms with E-state index in [0.717, 1.165) is 0 Å². The van der Waals surface area contributed by atoms with Gasteiger partial charge in [0.1, 0.15) is 11.3 Å². The van der Waals surface area contributed by atoms with Gasteiger partial charge in [-0.15, -0.1) is 0 Å². The standard InChI is InChI=1S/C16H16ClN3O4/c1-19(9-10-21)14-4-2-3-13(15(14)20(23)24)16(22)18-12-7-5-11(17)6-8-12/h2-8,21H,9-10H2,1H3,(H,18,22). The summed E-state index contributed by atoms with van der Waals surface area (Å²) >= 11 is 5.79. The summed E-state index contributed by atoms with van der Waals surface area (Å²) in [6.45, 7) is 0.0535. The Labute approximate surface area is 143 Å². The van der Waals surface area contributed by atoms with Gasteiger partial charge in [0.2, 0.25) is 0 Å². The first-order chi connectivity index (χ1) is 11.4. The molecule has 0 saturated carbocycles. The smallest absolute Gasteiger partial charge is 0.305 e. The van der Waals surface area contributed by atoms with Crippen LogP contribution in [-0.4, -0.2) is 36.1 Å². The van der Waals surface area contributed by atoms with Crippen LogP contribution in [0.15, 0.2) is 42.5 Å². The zero-order valence-corrected chi connectivity index (χ0v) is 13.7. The number of anilines is 2. The van der Waals surface area contributed by atoms with Crippen LogP contribution in [-0.2, 0) is 0 Å². The molecule has 24 heavy (non-hydrogen) atoms. The highest BCUT2D eigenvalue weighted by atomic mass is 35.5.